The van der Waals surface area contributed by atoms with Crippen molar-refractivity contribution in [1.82, 2.24) is 15.1 Å². The Balaban J connectivity index is 1.54. The van der Waals surface area contributed by atoms with Crippen molar-refractivity contribution in [2.45, 2.75) is 88.6 Å². The highest BCUT2D eigenvalue weighted by atomic mass is 16.5. The molecule has 1 unspecified atom stereocenters. The van der Waals surface area contributed by atoms with Crippen LogP contribution in [0.2, 0.25) is 0 Å². The number of hydrogen-bond acceptors (Lipinski definition) is 7. The minimum Gasteiger partial charge on any atom is -0.463 e. The van der Waals surface area contributed by atoms with Gasteiger partial charge in [-0.3, -0.25) is 19.2 Å². The lowest BCUT2D eigenvalue weighted by atomic mass is 9.74. The first-order valence-corrected chi connectivity index (χ1v) is 16.1. The van der Waals surface area contributed by atoms with Gasteiger partial charge in [-0.2, -0.15) is 0 Å². The lowest BCUT2D eigenvalue weighted by Crippen LogP contribution is -2.57. The van der Waals surface area contributed by atoms with Crippen molar-refractivity contribution in [2.24, 2.45) is 11.8 Å². The van der Waals surface area contributed by atoms with Gasteiger partial charge in [-0.15, -0.1) is 0 Å². The van der Waals surface area contributed by atoms with E-state index in [0.717, 1.165) is 18.4 Å². The van der Waals surface area contributed by atoms with Crippen molar-refractivity contribution in [3.63, 3.8) is 0 Å². The highest BCUT2D eigenvalue weighted by molar-refractivity contribution is 6.00. The Labute approximate surface area is 259 Å². The number of likely N-dealkylation sites (tertiary alicyclic amines) is 1. The van der Waals surface area contributed by atoms with E-state index in [1.165, 1.54) is 0 Å². The molecule has 0 saturated carbocycles. The summed E-state index contributed by atoms with van der Waals surface area (Å²) in [5, 5.41) is 12.4. The van der Waals surface area contributed by atoms with Crippen LogP contribution in [0.3, 0.4) is 0 Å². The monoisotopic (exact) mass is 607 g/mol. The molecular formula is C34H45N3O7. The number of esters is 1. The fourth-order valence-corrected chi connectivity index (χ4v) is 7.21. The van der Waals surface area contributed by atoms with Gasteiger partial charge >= 0.3 is 5.97 Å². The summed E-state index contributed by atoms with van der Waals surface area (Å²) >= 11 is 0. The van der Waals surface area contributed by atoms with E-state index in [1.807, 2.05) is 61.6 Å². The van der Waals surface area contributed by atoms with Gasteiger partial charge in [-0.05, 0) is 44.6 Å². The smallest absolute Gasteiger partial charge is 0.306 e. The van der Waals surface area contributed by atoms with Gasteiger partial charge in [0.1, 0.15) is 18.2 Å². The summed E-state index contributed by atoms with van der Waals surface area (Å²) in [5.74, 6) is -2.92. The fourth-order valence-electron chi connectivity index (χ4n) is 7.21. The molecule has 5 bridgehead atoms. The standard InChI is InChI=1S/C34H45N3O7/c1-3-13-23(2)36-19-10-5-9-16-27(39)43-22-25(24-14-7-4-8-15-24)35-31(40)28-26-17-18-34(44-26)29(28)32(41)37(30(34)33(36)42)20-11-6-12-21-38/h4-5,7-8,10,14-15,17-18,23,25-26,28-30,38H,3,6,9,11-13,16,19-22H2,1-2H3,(H,35,40)/b10-5-/t23?,25-,26-,28+,29+,30-,34+/m1/s1. The molecule has 10 nitrogen and oxygen atoms in total. The number of aliphatic hydroxyl groups excluding tert-OH is 1. The van der Waals surface area contributed by atoms with Crippen LogP contribution >= 0.6 is 0 Å². The number of allylic oxidation sites excluding steroid dienone is 1. The molecule has 1 spiro atoms. The Bertz CT molecular complexity index is 1270. The van der Waals surface area contributed by atoms with Crippen molar-refractivity contribution >= 4 is 23.7 Å². The first kappa shape index (κ1) is 31.9. The lowest BCUT2D eigenvalue weighted by Gasteiger charge is -2.38. The van der Waals surface area contributed by atoms with E-state index in [1.54, 1.807) is 9.80 Å². The molecule has 2 saturated heterocycles. The summed E-state index contributed by atoms with van der Waals surface area (Å²) in [6, 6.07) is 7.67. The molecule has 238 valence electrons. The van der Waals surface area contributed by atoms with Crippen LogP contribution in [-0.2, 0) is 28.7 Å². The van der Waals surface area contributed by atoms with Crippen LogP contribution in [0.5, 0.6) is 0 Å². The number of unbranched alkanes of at least 4 members (excludes halogenated alkanes) is 2. The summed E-state index contributed by atoms with van der Waals surface area (Å²) < 4.78 is 12.1. The quantitative estimate of drug-likeness (QED) is 0.251. The highest BCUT2D eigenvalue weighted by Gasteiger charge is 2.73. The summed E-state index contributed by atoms with van der Waals surface area (Å²) in [6.45, 7) is 4.75. The molecule has 4 aliphatic heterocycles. The Morgan fingerprint density at radius 2 is 1.86 bits per heavy atom. The molecule has 7 atom stereocenters. The number of aliphatic hydroxyl groups is 1. The zero-order valence-corrected chi connectivity index (χ0v) is 25.7. The third kappa shape index (κ3) is 6.19. The summed E-state index contributed by atoms with van der Waals surface area (Å²) in [6.07, 6.45) is 11.0. The average molecular weight is 608 g/mol. The first-order chi connectivity index (χ1) is 21.3. The number of carbonyl (C=O) groups excluding carboxylic acids is 4. The third-order valence-corrected chi connectivity index (χ3v) is 9.40. The zero-order chi connectivity index (χ0) is 31.3. The Morgan fingerprint density at radius 1 is 1.07 bits per heavy atom. The predicted molar refractivity (Wildman–Crippen MR) is 163 cm³/mol. The van der Waals surface area contributed by atoms with E-state index in [-0.39, 0.29) is 49.4 Å². The van der Waals surface area contributed by atoms with Crippen molar-refractivity contribution in [3.05, 3.63) is 60.2 Å². The van der Waals surface area contributed by atoms with Crippen LogP contribution in [0.4, 0.5) is 0 Å². The Morgan fingerprint density at radius 3 is 2.61 bits per heavy atom. The molecule has 44 heavy (non-hydrogen) atoms. The molecule has 0 radical (unpaired) electrons. The maximum atomic E-state index is 14.6. The minimum absolute atomic E-state index is 0.0451. The number of cyclic esters (lactones) is 1. The second-order valence-electron chi connectivity index (χ2n) is 12.3. The average Bonchev–Trinajstić information content (AvgIpc) is 3.66. The van der Waals surface area contributed by atoms with E-state index in [9.17, 15) is 24.3 Å². The van der Waals surface area contributed by atoms with Gasteiger partial charge in [0.15, 0.2) is 0 Å². The van der Waals surface area contributed by atoms with Gasteiger partial charge < -0.3 is 29.7 Å². The number of nitrogens with zero attached hydrogens (tertiary/aromatic N) is 2. The van der Waals surface area contributed by atoms with E-state index < -0.39 is 35.6 Å². The van der Waals surface area contributed by atoms with Crippen molar-refractivity contribution in [1.29, 1.82) is 0 Å². The fraction of sp³-hybridized carbons (Fsp3) is 0.588. The van der Waals surface area contributed by atoms with E-state index >= 15 is 0 Å². The zero-order valence-electron chi connectivity index (χ0n) is 25.7. The summed E-state index contributed by atoms with van der Waals surface area (Å²) in [4.78, 5) is 59.1. The van der Waals surface area contributed by atoms with Crippen LogP contribution in [0.15, 0.2) is 54.6 Å². The van der Waals surface area contributed by atoms with E-state index in [4.69, 9.17) is 9.47 Å². The highest BCUT2D eigenvalue weighted by Crippen LogP contribution is 2.55. The van der Waals surface area contributed by atoms with Gasteiger partial charge in [0.25, 0.3) is 0 Å². The molecule has 0 aromatic heterocycles. The molecule has 2 N–H and O–H groups in total. The van der Waals surface area contributed by atoms with Gasteiger partial charge in [0.05, 0.1) is 24.0 Å². The van der Waals surface area contributed by atoms with Crippen LogP contribution in [0, 0.1) is 11.8 Å². The maximum Gasteiger partial charge on any atom is 0.306 e. The molecule has 5 rings (SSSR count). The molecule has 1 aromatic carbocycles. The molecule has 2 fully saturated rings. The molecule has 0 aliphatic carbocycles. The van der Waals surface area contributed by atoms with Gasteiger partial charge in [0, 0.05) is 32.2 Å². The number of rotatable bonds is 9. The van der Waals surface area contributed by atoms with Crippen molar-refractivity contribution < 1.29 is 33.8 Å². The van der Waals surface area contributed by atoms with Crippen molar-refractivity contribution in [2.75, 3.05) is 26.3 Å². The van der Waals surface area contributed by atoms with E-state index in [2.05, 4.69) is 12.2 Å². The Kier molecular flexibility index (Phi) is 10.2. The molecule has 1 aromatic rings. The number of hydrogen-bond donors (Lipinski definition) is 2. The predicted octanol–water partition coefficient (Wildman–Crippen LogP) is 3.07. The van der Waals surface area contributed by atoms with Gasteiger partial charge in [-0.1, -0.05) is 68.0 Å². The molecule has 3 amide bonds. The largest absolute Gasteiger partial charge is 0.463 e. The van der Waals surface area contributed by atoms with Gasteiger partial charge in [-0.25, -0.2) is 0 Å². The second-order valence-corrected chi connectivity index (χ2v) is 12.3. The summed E-state index contributed by atoms with van der Waals surface area (Å²) in [7, 11) is 0. The molecular weight excluding hydrogens is 562 g/mol. The van der Waals surface area contributed by atoms with Gasteiger partial charge in [0.2, 0.25) is 17.7 Å². The number of amides is 3. The summed E-state index contributed by atoms with van der Waals surface area (Å²) in [5.41, 5.74) is -0.480. The normalized spacial score (nSPS) is 32.0. The van der Waals surface area contributed by atoms with E-state index in [0.29, 0.717) is 38.8 Å². The van der Waals surface area contributed by atoms with Crippen LogP contribution < -0.4 is 5.32 Å². The third-order valence-electron chi connectivity index (χ3n) is 9.40. The number of carbonyl (C=O) groups is 4. The SMILES string of the molecule is CCCC(C)N1C/C=C\CCC(=O)OC[C@H](c2ccccc2)NC(=O)[C@@H]2[C@H]3C(=O)N(CCCCCO)[C@H](C1=O)[C@]31C=C[C@H]2O1. The maximum absolute atomic E-state index is 14.6. The minimum atomic E-state index is -1.26. The molecule has 4 aliphatic rings. The van der Waals surface area contributed by atoms with Crippen LogP contribution in [0.1, 0.15) is 70.4 Å². The molecule has 10 heteroatoms. The number of benzene rings is 1. The number of ether oxygens (including phenoxy) is 2. The number of nitrogens with one attached hydrogen (secondary N) is 1. The second kappa shape index (κ2) is 14.1. The van der Waals surface area contributed by atoms with Crippen LogP contribution in [-0.4, -0.2) is 88.7 Å². The van der Waals surface area contributed by atoms with Crippen molar-refractivity contribution in [3.8, 4) is 0 Å². The Hall–Kier alpha value is -3.50. The molecule has 4 heterocycles. The topological polar surface area (TPSA) is 125 Å². The lowest BCUT2D eigenvalue weighted by molar-refractivity contribution is -0.149. The first-order valence-electron chi connectivity index (χ1n) is 16.1. The van der Waals surface area contributed by atoms with Crippen LogP contribution in [0.25, 0.3) is 0 Å². The number of fused-ring (bicyclic) bond motifs is 2.